The minimum Gasteiger partial charge on any atom is -0.459 e. The van der Waals surface area contributed by atoms with Gasteiger partial charge < -0.3 is 4.74 Å². The second kappa shape index (κ2) is 7.50. The summed E-state index contributed by atoms with van der Waals surface area (Å²) in [5.74, 6) is 0. The number of hydrogen-bond donors (Lipinski definition) is 0. The summed E-state index contributed by atoms with van der Waals surface area (Å²) in [7, 11) is -3.64. The standard InChI is InChI=1S/C16H22ClN5O3S/c1-4-22-12(3)15(11(2)20-22)26(23,24)21-7-5-6-14(10-21)25-16-18-8-13(17)9-19-16/h8-9,14H,4-7,10H2,1-3H3. The Bertz CT molecular complexity index is 882. The molecule has 0 aromatic carbocycles. The molecule has 2 aromatic rings. The highest BCUT2D eigenvalue weighted by Gasteiger charge is 2.35. The van der Waals surface area contributed by atoms with Crippen LogP contribution in [-0.4, -0.2) is 51.7 Å². The first-order valence-electron chi connectivity index (χ1n) is 8.51. The fourth-order valence-electron chi connectivity index (χ4n) is 3.22. The van der Waals surface area contributed by atoms with E-state index in [0.29, 0.717) is 40.8 Å². The number of aryl methyl sites for hydroxylation is 2. The maximum absolute atomic E-state index is 13.2. The summed E-state index contributed by atoms with van der Waals surface area (Å²) in [6.07, 6.45) is 4.04. The molecule has 1 aliphatic rings. The van der Waals surface area contributed by atoms with E-state index in [0.717, 1.165) is 6.42 Å². The first-order valence-corrected chi connectivity index (χ1v) is 10.3. The summed E-state index contributed by atoms with van der Waals surface area (Å²) in [5, 5.41) is 4.75. The van der Waals surface area contributed by atoms with Gasteiger partial charge in [0.2, 0.25) is 10.0 Å². The van der Waals surface area contributed by atoms with Gasteiger partial charge in [-0.15, -0.1) is 0 Å². The van der Waals surface area contributed by atoms with Crippen molar-refractivity contribution in [3.05, 3.63) is 28.8 Å². The minimum atomic E-state index is -3.64. The van der Waals surface area contributed by atoms with Gasteiger partial charge in [0.15, 0.2) is 0 Å². The summed E-state index contributed by atoms with van der Waals surface area (Å²) in [4.78, 5) is 8.32. The van der Waals surface area contributed by atoms with Crippen molar-refractivity contribution in [1.82, 2.24) is 24.1 Å². The molecule has 0 radical (unpaired) electrons. The number of rotatable bonds is 5. The van der Waals surface area contributed by atoms with Gasteiger partial charge in [-0.05, 0) is 33.6 Å². The third-order valence-electron chi connectivity index (χ3n) is 4.42. The van der Waals surface area contributed by atoms with E-state index in [1.165, 1.54) is 16.7 Å². The van der Waals surface area contributed by atoms with E-state index >= 15 is 0 Å². The molecule has 1 fully saturated rings. The second-order valence-electron chi connectivity index (χ2n) is 6.24. The van der Waals surface area contributed by atoms with Crippen LogP contribution in [0.15, 0.2) is 17.3 Å². The van der Waals surface area contributed by atoms with Gasteiger partial charge in [-0.3, -0.25) is 4.68 Å². The third kappa shape index (κ3) is 3.70. The lowest BCUT2D eigenvalue weighted by Crippen LogP contribution is -2.44. The molecule has 0 aliphatic carbocycles. The molecule has 3 heterocycles. The number of halogens is 1. The zero-order chi connectivity index (χ0) is 18.9. The lowest BCUT2D eigenvalue weighted by molar-refractivity contribution is 0.119. The quantitative estimate of drug-likeness (QED) is 0.765. The van der Waals surface area contributed by atoms with Gasteiger partial charge in [-0.2, -0.15) is 9.40 Å². The van der Waals surface area contributed by atoms with E-state index in [1.807, 2.05) is 6.92 Å². The molecule has 1 aliphatic heterocycles. The Kier molecular flexibility index (Phi) is 5.50. The molecule has 0 bridgehead atoms. The van der Waals surface area contributed by atoms with Crippen LogP contribution < -0.4 is 4.74 Å². The Labute approximate surface area is 158 Å². The molecular weight excluding hydrogens is 378 g/mol. The Morgan fingerprint density at radius 1 is 1.31 bits per heavy atom. The topological polar surface area (TPSA) is 90.2 Å². The van der Waals surface area contributed by atoms with Crippen LogP contribution in [0.5, 0.6) is 6.01 Å². The van der Waals surface area contributed by atoms with Gasteiger partial charge in [-0.25, -0.2) is 18.4 Å². The molecule has 0 spiro atoms. The number of aromatic nitrogens is 4. The van der Waals surface area contributed by atoms with Crippen molar-refractivity contribution in [2.45, 2.75) is 51.2 Å². The Hall–Kier alpha value is -1.71. The van der Waals surface area contributed by atoms with Crippen LogP contribution in [0.2, 0.25) is 5.02 Å². The van der Waals surface area contributed by atoms with E-state index in [1.54, 1.807) is 18.5 Å². The Balaban J connectivity index is 1.80. The third-order valence-corrected chi connectivity index (χ3v) is 6.74. The summed E-state index contributed by atoms with van der Waals surface area (Å²) in [6, 6.07) is 0.199. The van der Waals surface area contributed by atoms with E-state index < -0.39 is 10.0 Å². The van der Waals surface area contributed by atoms with Gasteiger partial charge in [0, 0.05) is 13.1 Å². The van der Waals surface area contributed by atoms with Crippen molar-refractivity contribution >= 4 is 21.6 Å². The lowest BCUT2D eigenvalue weighted by atomic mass is 10.1. The van der Waals surface area contributed by atoms with Crippen molar-refractivity contribution in [3.63, 3.8) is 0 Å². The first kappa shape index (κ1) is 19.1. The molecule has 10 heteroatoms. The predicted octanol–water partition coefficient (Wildman–Crippen LogP) is 2.20. The van der Waals surface area contributed by atoms with Crippen LogP contribution >= 0.6 is 11.6 Å². The van der Waals surface area contributed by atoms with Crippen LogP contribution in [0, 0.1) is 13.8 Å². The second-order valence-corrected chi connectivity index (χ2v) is 8.56. The monoisotopic (exact) mass is 399 g/mol. The summed E-state index contributed by atoms with van der Waals surface area (Å²) >= 11 is 5.77. The SMILES string of the molecule is CCn1nc(C)c(S(=O)(=O)N2CCCC(Oc3ncc(Cl)cn3)C2)c1C. The maximum atomic E-state index is 13.2. The fourth-order valence-corrected chi connectivity index (χ4v) is 5.20. The zero-order valence-corrected chi connectivity index (χ0v) is 16.6. The van der Waals surface area contributed by atoms with E-state index in [-0.39, 0.29) is 18.7 Å². The van der Waals surface area contributed by atoms with Crippen molar-refractivity contribution in [2.75, 3.05) is 13.1 Å². The maximum Gasteiger partial charge on any atom is 0.316 e. The summed E-state index contributed by atoms with van der Waals surface area (Å²) < 4.78 is 35.3. The van der Waals surface area contributed by atoms with Gasteiger partial charge in [-0.1, -0.05) is 11.6 Å². The largest absolute Gasteiger partial charge is 0.459 e. The van der Waals surface area contributed by atoms with Gasteiger partial charge in [0.25, 0.3) is 0 Å². The van der Waals surface area contributed by atoms with Crippen LogP contribution in [0.4, 0.5) is 0 Å². The number of nitrogens with zero attached hydrogens (tertiary/aromatic N) is 5. The summed E-state index contributed by atoms with van der Waals surface area (Å²) in [5.41, 5.74) is 1.18. The van der Waals surface area contributed by atoms with Crippen LogP contribution in [0.25, 0.3) is 0 Å². The predicted molar refractivity (Wildman–Crippen MR) is 96.8 cm³/mol. The lowest BCUT2D eigenvalue weighted by Gasteiger charge is -2.31. The Morgan fingerprint density at radius 3 is 2.62 bits per heavy atom. The van der Waals surface area contributed by atoms with Crippen LogP contribution in [-0.2, 0) is 16.6 Å². The smallest absolute Gasteiger partial charge is 0.316 e. The van der Waals surface area contributed by atoms with Crippen molar-refractivity contribution in [2.24, 2.45) is 0 Å². The number of sulfonamides is 1. The molecule has 0 amide bonds. The molecular formula is C16H22ClN5O3S. The van der Waals surface area contributed by atoms with Crippen molar-refractivity contribution < 1.29 is 13.2 Å². The van der Waals surface area contributed by atoms with Crippen LogP contribution in [0.3, 0.4) is 0 Å². The minimum absolute atomic E-state index is 0.199. The Morgan fingerprint density at radius 2 is 2.00 bits per heavy atom. The highest BCUT2D eigenvalue weighted by Crippen LogP contribution is 2.27. The molecule has 3 rings (SSSR count). The molecule has 26 heavy (non-hydrogen) atoms. The molecule has 1 saturated heterocycles. The molecule has 0 saturated carbocycles. The highest BCUT2D eigenvalue weighted by molar-refractivity contribution is 7.89. The molecule has 8 nitrogen and oxygen atoms in total. The zero-order valence-electron chi connectivity index (χ0n) is 15.0. The molecule has 1 atom stereocenters. The van der Waals surface area contributed by atoms with Gasteiger partial charge >= 0.3 is 6.01 Å². The van der Waals surface area contributed by atoms with Crippen LogP contribution in [0.1, 0.15) is 31.2 Å². The van der Waals surface area contributed by atoms with E-state index in [2.05, 4.69) is 15.1 Å². The van der Waals surface area contributed by atoms with Crippen molar-refractivity contribution in [3.8, 4) is 6.01 Å². The van der Waals surface area contributed by atoms with Gasteiger partial charge in [0.05, 0.1) is 35.3 Å². The highest BCUT2D eigenvalue weighted by atomic mass is 35.5. The molecule has 1 unspecified atom stereocenters. The molecule has 2 aromatic heterocycles. The van der Waals surface area contributed by atoms with E-state index in [9.17, 15) is 8.42 Å². The molecule has 142 valence electrons. The molecule has 0 N–H and O–H groups in total. The summed E-state index contributed by atoms with van der Waals surface area (Å²) in [6.45, 7) is 6.79. The fraction of sp³-hybridized carbons (Fsp3) is 0.562. The first-order chi connectivity index (χ1) is 12.3. The number of hydrogen-bond acceptors (Lipinski definition) is 6. The van der Waals surface area contributed by atoms with E-state index in [4.69, 9.17) is 16.3 Å². The van der Waals surface area contributed by atoms with Crippen molar-refractivity contribution in [1.29, 1.82) is 0 Å². The van der Waals surface area contributed by atoms with Gasteiger partial charge in [0.1, 0.15) is 11.0 Å². The average molecular weight is 400 g/mol. The normalized spacial score (nSPS) is 18.8. The average Bonchev–Trinajstić information content (AvgIpc) is 2.91. The number of piperidine rings is 1. The number of ether oxygens (including phenoxy) is 1.